The molecule has 116 valence electrons. The van der Waals surface area contributed by atoms with Gasteiger partial charge >= 0.3 is 0 Å². The average molecular weight is 308 g/mol. The van der Waals surface area contributed by atoms with Crippen molar-refractivity contribution < 1.29 is 4.79 Å². The summed E-state index contributed by atoms with van der Waals surface area (Å²) in [6, 6.07) is 0.281. The van der Waals surface area contributed by atoms with Crippen LogP contribution in [0, 0.1) is 5.92 Å². The van der Waals surface area contributed by atoms with E-state index in [0.717, 1.165) is 24.6 Å². The molecule has 1 aromatic heterocycles. The van der Waals surface area contributed by atoms with Gasteiger partial charge in [-0.2, -0.15) is 0 Å². The van der Waals surface area contributed by atoms with E-state index in [1.165, 1.54) is 43.4 Å². The number of thiazole rings is 1. The number of rotatable bonds is 3. The molecule has 2 aliphatic rings. The second kappa shape index (κ2) is 6.22. The van der Waals surface area contributed by atoms with Gasteiger partial charge in [0.1, 0.15) is 10.7 Å². The number of hydrogen-bond donors (Lipinski definition) is 2. The Morgan fingerprint density at radius 1 is 1.29 bits per heavy atom. The van der Waals surface area contributed by atoms with Crippen LogP contribution in [-0.4, -0.2) is 30.0 Å². The minimum Gasteiger partial charge on any atom is -0.382 e. The minimum atomic E-state index is -0.0470. The summed E-state index contributed by atoms with van der Waals surface area (Å²) in [6.45, 7) is 4.26. The van der Waals surface area contributed by atoms with E-state index in [1.807, 2.05) is 0 Å². The van der Waals surface area contributed by atoms with Crippen LogP contribution in [-0.2, 0) is 0 Å². The number of nitrogens with zero attached hydrogens (tertiary/aromatic N) is 2. The van der Waals surface area contributed by atoms with Gasteiger partial charge in [0.25, 0.3) is 5.91 Å². The van der Waals surface area contributed by atoms with E-state index in [1.54, 1.807) is 0 Å². The number of nitrogens with two attached hydrogens (primary N) is 1. The van der Waals surface area contributed by atoms with Gasteiger partial charge in [-0.1, -0.05) is 31.1 Å². The fourth-order valence-electron chi connectivity index (χ4n) is 3.29. The van der Waals surface area contributed by atoms with Crippen LogP contribution in [0.5, 0.6) is 0 Å². The van der Waals surface area contributed by atoms with Gasteiger partial charge in [-0.15, -0.1) is 0 Å². The van der Waals surface area contributed by atoms with Crippen molar-refractivity contribution >= 4 is 28.2 Å². The number of carbonyl (C=O) groups is 1. The zero-order valence-electron chi connectivity index (χ0n) is 12.6. The van der Waals surface area contributed by atoms with Crippen LogP contribution in [0.15, 0.2) is 0 Å². The number of carbonyl (C=O) groups excluding carboxylic acids is 1. The molecule has 3 N–H and O–H groups in total. The molecule has 0 radical (unpaired) electrons. The van der Waals surface area contributed by atoms with Crippen molar-refractivity contribution in [2.75, 3.05) is 23.7 Å². The zero-order chi connectivity index (χ0) is 14.8. The van der Waals surface area contributed by atoms with Crippen LogP contribution in [0.3, 0.4) is 0 Å². The van der Waals surface area contributed by atoms with E-state index >= 15 is 0 Å². The van der Waals surface area contributed by atoms with Gasteiger partial charge in [0.05, 0.1) is 0 Å². The van der Waals surface area contributed by atoms with E-state index in [2.05, 4.69) is 22.1 Å². The lowest BCUT2D eigenvalue weighted by atomic mass is 9.86. The van der Waals surface area contributed by atoms with E-state index in [0.29, 0.717) is 16.6 Å². The molecule has 1 aliphatic heterocycles. The van der Waals surface area contributed by atoms with Crippen molar-refractivity contribution in [1.29, 1.82) is 0 Å². The molecular weight excluding hydrogens is 284 g/mol. The van der Waals surface area contributed by atoms with E-state index in [4.69, 9.17) is 5.73 Å². The first-order valence-corrected chi connectivity index (χ1v) is 8.79. The maximum absolute atomic E-state index is 12.5. The highest BCUT2D eigenvalue weighted by Gasteiger charge is 2.26. The fraction of sp³-hybridized carbons (Fsp3) is 0.733. The average Bonchev–Trinajstić information content (AvgIpc) is 3.10. The zero-order valence-corrected chi connectivity index (χ0v) is 13.4. The van der Waals surface area contributed by atoms with Crippen molar-refractivity contribution in [1.82, 2.24) is 10.3 Å². The Bertz CT molecular complexity index is 510. The molecule has 2 atom stereocenters. The molecule has 1 aliphatic carbocycles. The number of nitrogens with one attached hydrogen (secondary N) is 1. The molecule has 1 saturated heterocycles. The van der Waals surface area contributed by atoms with Crippen LogP contribution < -0.4 is 16.0 Å². The van der Waals surface area contributed by atoms with E-state index in [9.17, 15) is 4.79 Å². The Labute approximate surface area is 129 Å². The summed E-state index contributed by atoms with van der Waals surface area (Å²) in [7, 11) is 0. The molecular formula is C15H24N4OS. The van der Waals surface area contributed by atoms with Crippen molar-refractivity contribution in [2.45, 2.75) is 51.5 Å². The number of nitrogen functional groups attached to an aromatic ring is 1. The molecule has 0 aromatic carbocycles. The number of anilines is 2. The number of amides is 1. The molecule has 0 bridgehead atoms. The molecule has 5 nitrogen and oxygen atoms in total. The Balaban J connectivity index is 1.69. The lowest BCUT2D eigenvalue weighted by molar-refractivity contribution is 0.0915. The Morgan fingerprint density at radius 3 is 2.71 bits per heavy atom. The third-order valence-electron chi connectivity index (χ3n) is 4.65. The molecule has 3 rings (SSSR count). The summed E-state index contributed by atoms with van der Waals surface area (Å²) in [5, 5.41) is 4.06. The lowest BCUT2D eigenvalue weighted by Gasteiger charge is -2.29. The predicted molar refractivity (Wildman–Crippen MR) is 86.9 cm³/mol. The van der Waals surface area contributed by atoms with Gasteiger partial charge < -0.3 is 16.0 Å². The third kappa shape index (κ3) is 3.15. The van der Waals surface area contributed by atoms with Gasteiger partial charge in [0, 0.05) is 19.1 Å². The standard InChI is InChI=1S/C15H24N4OS/c1-10-6-2-3-7-11(10)17-14(20)12-13(16)18-15(21-12)19-8-4-5-9-19/h10-11H,2-9,16H2,1H3,(H,17,20). The Hall–Kier alpha value is -1.30. The molecule has 1 amide bonds. The highest BCUT2D eigenvalue weighted by molar-refractivity contribution is 7.18. The summed E-state index contributed by atoms with van der Waals surface area (Å²) in [4.78, 5) is 19.7. The predicted octanol–water partition coefficient (Wildman–Crippen LogP) is 2.63. The summed E-state index contributed by atoms with van der Waals surface area (Å²) in [5.74, 6) is 0.881. The fourth-order valence-corrected chi connectivity index (χ4v) is 4.23. The second-order valence-electron chi connectivity index (χ2n) is 6.25. The molecule has 2 unspecified atom stereocenters. The normalized spacial score (nSPS) is 26.0. The number of hydrogen-bond acceptors (Lipinski definition) is 5. The first kappa shape index (κ1) is 14.6. The van der Waals surface area contributed by atoms with Crippen molar-refractivity contribution in [2.24, 2.45) is 5.92 Å². The summed E-state index contributed by atoms with van der Waals surface area (Å²) >= 11 is 1.43. The first-order chi connectivity index (χ1) is 10.1. The second-order valence-corrected chi connectivity index (χ2v) is 7.22. The number of aromatic nitrogens is 1. The summed E-state index contributed by atoms with van der Waals surface area (Å²) < 4.78 is 0. The SMILES string of the molecule is CC1CCCCC1NC(=O)c1sc(N2CCCC2)nc1N. The van der Waals surface area contributed by atoms with Gasteiger partial charge in [0.2, 0.25) is 0 Å². The maximum Gasteiger partial charge on any atom is 0.265 e. The van der Waals surface area contributed by atoms with E-state index < -0.39 is 0 Å². The van der Waals surface area contributed by atoms with Crippen LogP contribution in [0.2, 0.25) is 0 Å². The van der Waals surface area contributed by atoms with Crippen LogP contribution >= 0.6 is 11.3 Å². The van der Waals surface area contributed by atoms with Crippen molar-refractivity contribution in [3.63, 3.8) is 0 Å². The Kier molecular flexibility index (Phi) is 4.33. The molecule has 21 heavy (non-hydrogen) atoms. The quantitative estimate of drug-likeness (QED) is 0.900. The van der Waals surface area contributed by atoms with Crippen molar-refractivity contribution in [3.8, 4) is 0 Å². The van der Waals surface area contributed by atoms with Crippen LogP contribution in [0.1, 0.15) is 55.1 Å². The maximum atomic E-state index is 12.5. The highest BCUT2D eigenvalue weighted by atomic mass is 32.1. The third-order valence-corrected chi connectivity index (χ3v) is 5.78. The van der Waals surface area contributed by atoms with Gasteiger partial charge in [-0.05, 0) is 31.6 Å². The van der Waals surface area contributed by atoms with Gasteiger partial charge in [-0.25, -0.2) is 4.98 Å². The van der Waals surface area contributed by atoms with Gasteiger partial charge in [0.15, 0.2) is 5.13 Å². The largest absolute Gasteiger partial charge is 0.382 e. The van der Waals surface area contributed by atoms with Crippen molar-refractivity contribution in [3.05, 3.63) is 4.88 Å². The Morgan fingerprint density at radius 2 is 2.00 bits per heavy atom. The topological polar surface area (TPSA) is 71.2 Å². The van der Waals surface area contributed by atoms with E-state index in [-0.39, 0.29) is 11.9 Å². The summed E-state index contributed by atoms with van der Waals surface area (Å²) in [6.07, 6.45) is 7.13. The monoisotopic (exact) mass is 308 g/mol. The highest BCUT2D eigenvalue weighted by Crippen LogP contribution is 2.31. The molecule has 0 spiro atoms. The van der Waals surface area contributed by atoms with Gasteiger partial charge in [-0.3, -0.25) is 4.79 Å². The smallest absolute Gasteiger partial charge is 0.265 e. The summed E-state index contributed by atoms with van der Waals surface area (Å²) in [5.41, 5.74) is 5.96. The minimum absolute atomic E-state index is 0.0470. The molecule has 1 saturated carbocycles. The molecule has 2 fully saturated rings. The first-order valence-electron chi connectivity index (χ1n) is 7.97. The lowest BCUT2D eigenvalue weighted by Crippen LogP contribution is -2.40. The molecule has 6 heteroatoms. The molecule has 2 heterocycles. The van der Waals surface area contributed by atoms with Crippen LogP contribution in [0.4, 0.5) is 10.9 Å². The van der Waals surface area contributed by atoms with Crippen LogP contribution in [0.25, 0.3) is 0 Å². The molecule has 1 aromatic rings.